The highest BCUT2D eigenvalue weighted by atomic mass is 16.1. The first kappa shape index (κ1) is 22.9. The summed E-state index contributed by atoms with van der Waals surface area (Å²) in [6.45, 7) is 18.9. The standard InChI is InChI=1S/C30H46O2/c1-19(2)20-10-15-30(18-31)17-16-28(6)21(25(20)30)8-9-23-27(5)13-12-24(32)26(3,4)22(27)11-14-29(23,28)7/h18,20-23,25H,1,8-17H2,2-7H3/t20-,21?,22?,23?,25?,27-,28+,29+,30?/m0/s1. The molecule has 32 heavy (non-hydrogen) atoms. The van der Waals surface area contributed by atoms with Crippen LogP contribution in [-0.4, -0.2) is 12.1 Å². The monoisotopic (exact) mass is 438 g/mol. The maximum atomic E-state index is 12.9. The molecule has 5 unspecified atom stereocenters. The van der Waals surface area contributed by atoms with Crippen LogP contribution in [0.25, 0.3) is 0 Å². The number of allylic oxidation sites excluding steroid dienone is 1. The number of ketones is 1. The molecule has 5 rings (SSSR count). The van der Waals surface area contributed by atoms with Crippen molar-refractivity contribution in [3.8, 4) is 0 Å². The first-order chi connectivity index (χ1) is 14.9. The van der Waals surface area contributed by atoms with Crippen LogP contribution in [-0.2, 0) is 9.59 Å². The fourth-order valence-electron chi connectivity index (χ4n) is 11.2. The van der Waals surface area contributed by atoms with E-state index in [0.717, 1.165) is 32.1 Å². The Labute approximate surface area is 196 Å². The fraction of sp³-hybridized carbons (Fsp3) is 0.867. The van der Waals surface area contributed by atoms with E-state index in [9.17, 15) is 9.59 Å². The zero-order valence-electron chi connectivity index (χ0n) is 21.6. The molecule has 9 atom stereocenters. The number of rotatable bonds is 2. The van der Waals surface area contributed by atoms with Gasteiger partial charge in [0.15, 0.2) is 0 Å². The Balaban J connectivity index is 1.56. The van der Waals surface area contributed by atoms with E-state index in [0.29, 0.717) is 40.8 Å². The van der Waals surface area contributed by atoms with Crippen LogP contribution in [0.3, 0.4) is 0 Å². The number of aldehydes is 1. The quantitative estimate of drug-likeness (QED) is 0.332. The minimum atomic E-state index is -0.179. The Morgan fingerprint density at radius 2 is 1.59 bits per heavy atom. The first-order valence-corrected chi connectivity index (χ1v) is 13.5. The van der Waals surface area contributed by atoms with E-state index in [1.807, 2.05) is 0 Å². The largest absolute Gasteiger partial charge is 0.303 e. The molecule has 0 saturated heterocycles. The second kappa shape index (κ2) is 6.82. The third-order valence-electron chi connectivity index (χ3n) is 13.1. The second-order valence-electron chi connectivity index (χ2n) is 14.2. The summed E-state index contributed by atoms with van der Waals surface area (Å²) < 4.78 is 0. The smallest absolute Gasteiger partial charge is 0.138 e. The third-order valence-corrected chi connectivity index (χ3v) is 13.1. The Morgan fingerprint density at radius 3 is 2.25 bits per heavy atom. The molecular formula is C30H46O2. The van der Waals surface area contributed by atoms with Crippen LogP contribution in [0.1, 0.15) is 106 Å². The summed E-state index contributed by atoms with van der Waals surface area (Å²) in [5, 5.41) is 0. The number of hydrogen-bond acceptors (Lipinski definition) is 2. The molecule has 0 aromatic carbocycles. The predicted octanol–water partition coefficient (Wildman–Crippen LogP) is 7.41. The summed E-state index contributed by atoms with van der Waals surface area (Å²) in [7, 11) is 0. The van der Waals surface area contributed by atoms with Gasteiger partial charge in [0.25, 0.3) is 0 Å². The summed E-state index contributed by atoms with van der Waals surface area (Å²) in [4.78, 5) is 25.4. The number of hydrogen-bond donors (Lipinski definition) is 0. The van der Waals surface area contributed by atoms with E-state index in [-0.39, 0.29) is 21.7 Å². The molecule has 0 aromatic rings. The molecule has 0 bridgehead atoms. The molecule has 178 valence electrons. The van der Waals surface area contributed by atoms with Crippen molar-refractivity contribution in [2.75, 3.05) is 0 Å². The molecule has 5 aliphatic carbocycles. The average Bonchev–Trinajstić information content (AvgIpc) is 3.12. The second-order valence-corrected chi connectivity index (χ2v) is 14.2. The van der Waals surface area contributed by atoms with Crippen molar-refractivity contribution in [3.05, 3.63) is 12.2 Å². The van der Waals surface area contributed by atoms with Gasteiger partial charge in [-0.3, -0.25) is 4.79 Å². The summed E-state index contributed by atoms with van der Waals surface area (Å²) in [6.07, 6.45) is 12.7. The van der Waals surface area contributed by atoms with Crippen LogP contribution in [0.2, 0.25) is 0 Å². The maximum Gasteiger partial charge on any atom is 0.138 e. The number of fused-ring (bicyclic) bond motifs is 7. The van der Waals surface area contributed by atoms with Gasteiger partial charge in [-0.1, -0.05) is 46.8 Å². The molecule has 2 nitrogen and oxygen atoms in total. The van der Waals surface area contributed by atoms with Crippen LogP contribution in [0.5, 0.6) is 0 Å². The Hall–Kier alpha value is -0.920. The normalized spacial score (nSPS) is 54.1. The Kier molecular flexibility index (Phi) is 4.87. The molecule has 5 aliphatic rings. The fourth-order valence-corrected chi connectivity index (χ4v) is 11.2. The van der Waals surface area contributed by atoms with Crippen molar-refractivity contribution in [2.45, 2.75) is 106 Å². The molecule has 0 N–H and O–H groups in total. The number of carbonyl (C=O) groups is 2. The van der Waals surface area contributed by atoms with E-state index >= 15 is 0 Å². The molecule has 0 heterocycles. The van der Waals surface area contributed by atoms with Gasteiger partial charge >= 0.3 is 0 Å². The van der Waals surface area contributed by atoms with Gasteiger partial charge in [-0.15, -0.1) is 0 Å². The van der Waals surface area contributed by atoms with Gasteiger partial charge in [-0.05, 0) is 111 Å². The molecule has 0 aromatic heterocycles. The lowest BCUT2D eigenvalue weighted by molar-refractivity contribution is -0.231. The Morgan fingerprint density at radius 1 is 0.875 bits per heavy atom. The highest BCUT2D eigenvalue weighted by molar-refractivity contribution is 5.85. The van der Waals surface area contributed by atoms with Crippen LogP contribution in [0.4, 0.5) is 0 Å². The molecular weight excluding hydrogens is 392 g/mol. The third kappa shape index (κ3) is 2.54. The summed E-state index contributed by atoms with van der Waals surface area (Å²) in [5.74, 6) is 3.34. The number of carbonyl (C=O) groups excluding carboxylic acids is 2. The lowest BCUT2D eigenvalue weighted by atomic mass is 9.32. The molecule has 0 aliphatic heterocycles. The van der Waals surface area contributed by atoms with Gasteiger partial charge in [-0.25, -0.2) is 0 Å². The number of Topliss-reactive ketones (excluding diaryl/α,β-unsaturated/α-hetero) is 1. The molecule has 2 heteroatoms. The van der Waals surface area contributed by atoms with Crippen LogP contribution >= 0.6 is 0 Å². The average molecular weight is 439 g/mol. The van der Waals surface area contributed by atoms with Gasteiger partial charge < -0.3 is 4.79 Å². The summed E-state index contributed by atoms with van der Waals surface area (Å²) in [5.41, 5.74) is 1.87. The zero-order valence-corrected chi connectivity index (χ0v) is 21.6. The van der Waals surface area contributed by atoms with Crippen LogP contribution in [0.15, 0.2) is 12.2 Å². The van der Waals surface area contributed by atoms with E-state index in [2.05, 4.69) is 48.1 Å². The Bertz CT molecular complexity index is 855. The van der Waals surface area contributed by atoms with Crippen molar-refractivity contribution in [1.29, 1.82) is 0 Å². The van der Waals surface area contributed by atoms with E-state index < -0.39 is 0 Å². The first-order valence-electron chi connectivity index (χ1n) is 13.5. The van der Waals surface area contributed by atoms with Crippen molar-refractivity contribution in [3.63, 3.8) is 0 Å². The highest BCUT2D eigenvalue weighted by Crippen LogP contribution is 2.77. The van der Waals surface area contributed by atoms with Crippen molar-refractivity contribution in [1.82, 2.24) is 0 Å². The minimum absolute atomic E-state index is 0.0999. The molecule has 5 saturated carbocycles. The molecule has 5 fully saturated rings. The van der Waals surface area contributed by atoms with E-state index in [4.69, 9.17) is 0 Å². The summed E-state index contributed by atoms with van der Waals surface area (Å²) in [6, 6.07) is 0. The highest BCUT2D eigenvalue weighted by Gasteiger charge is 2.70. The van der Waals surface area contributed by atoms with E-state index in [1.165, 1.54) is 44.0 Å². The van der Waals surface area contributed by atoms with Crippen molar-refractivity contribution >= 4 is 12.1 Å². The van der Waals surface area contributed by atoms with Crippen molar-refractivity contribution < 1.29 is 9.59 Å². The lowest BCUT2D eigenvalue weighted by Crippen LogP contribution is -2.66. The van der Waals surface area contributed by atoms with Gasteiger partial charge in [0.1, 0.15) is 12.1 Å². The maximum absolute atomic E-state index is 12.9. The van der Waals surface area contributed by atoms with Crippen molar-refractivity contribution in [2.24, 2.45) is 56.7 Å². The lowest BCUT2D eigenvalue weighted by Gasteiger charge is -2.72. The van der Waals surface area contributed by atoms with E-state index in [1.54, 1.807) is 0 Å². The predicted molar refractivity (Wildman–Crippen MR) is 130 cm³/mol. The van der Waals surface area contributed by atoms with Crippen LogP contribution in [0, 0.1) is 56.7 Å². The topological polar surface area (TPSA) is 34.1 Å². The van der Waals surface area contributed by atoms with Gasteiger partial charge in [-0.2, -0.15) is 0 Å². The SMILES string of the molecule is C=C(C)[C@@H]1CCC2(C=O)CC[C@]3(C)C(CCC4[C@@]5(C)CCC(=O)C(C)(C)C5CC[C@]43C)C12. The molecule has 0 radical (unpaired) electrons. The minimum Gasteiger partial charge on any atom is -0.303 e. The van der Waals surface area contributed by atoms with Crippen LogP contribution < -0.4 is 0 Å². The van der Waals surface area contributed by atoms with Gasteiger partial charge in [0, 0.05) is 17.3 Å². The van der Waals surface area contributed by atoms with Gasteiger partial charge in [0.2, 0.25) is 0 Å². The van der Waals surface area contributed by atoms with Gasteiger partial charge in [0.05, 0.1) is 0 Å². The zero-order chi connectivity index (χ0) is 23.3. The molecule has 0 amide bonds. The molecule has 0 spiro atoms. The summed E-state index contributed by atoms with van der Waals surface area (Å²) >= 11 is 0.